The highest BCUT2D eigenvalue weighted by molar-refractivity contribution is 5.62. The van der Waals surface area contributed by atoms with Gasteiger partial charge in [-0.1, -0.05) is 6.07 Å². The molecular formula is C17H19N3O. The van der Waals surface area contributed by atoms with Crippen LogP contribution in [0, 0.1) is 18.3 Å². The van der Waals surface area contributed by atoms with E-state index < -0.39 is 0 Å². The summed E-state index contributed by atoms with van der Waals surface area (Å²) in [5, 5.41) is 8.88. The zero-order valence-electron chi connectivity index (χ0n) is 12.6. The van der Waals surface area contributed by atoms with Gasteiger partial charge in [-0.3, -0.25) is 0 Å². The number of rotatable bonds is 4. The number of nitrogen functional groups attached to an aromatic ring is 1. The first-order valence-electron chi connectivity index (χ1n) is 6.70. The smallest absolute Gasteiger partial charge is 0.144 e. The Morgan fingerprint density at radius 2 is 1.95 bits per heavy atom. The number of hydrogen-bond donors (Lipinski definition) is 1. The predicted molar refractivity (Wildman–Crippen MR) is 85.4 cm³/mol. The van der Waals surface area contributed by atoms with Gasteiger partial charge in [0.05, 0.1) is 17.3 Å². The van der Waals surface area contributed by atoms with E-state index in [4.69, 9.17) is 15.7 Å². The standard InChI is InChI=1S/C17H19N3O/c1-12-8-13(10-18)4-5-14(12)11-21-17-9-15(20(2)3)6-7-16(17)19/h4-9H,11,19H2,1-3H3. The number of hydrogen-bond acceptors (Lipinski definition) is 4. The van der Waals surface area contributed by atoms with Crippen molar-refractivity contribution >= 4 is 11.4 Å². The SMILES string of the molecule is Cc1cc(C#N)ccc1COc1cc(N(C)C)ccc1N. The average molecular weight is 281 g/mol. The molecule has 0 heterocycles. The van der Waals surface area contributed by atoms with Crippen LogP contribution >= 0.6 is 0 Å². The van der Waals surface area contributed by atoms with Crippen LogP contribution in [0.4, 0.5) is 11.4 Å². The monoisotopic (exact) mass is 281 g/mol. The van der Waals surface area contributed by atoms with Gasteiger partial charge in [-0.15, -0.1) is 0 Å². The Hall–Kier alpha value is -2.67. The Labute approximate surface area is 125 Å². The van der Waals surface area contributed by atoms with Crippen molar-refractivity contribution in [2.75, 3.05) is 24.7 Å². The van der Waals surface area contributed by atoms with Gasteiger partial charge in [0.15, 0.2) is 0 Å². The van der Waals surface area contributed by atoms with E-state index in [1.54, 1.807) is 6.07 Å². The van der Waals surface area contributed by atoms with E-state index >= 15 is 0 Å². The van der Waals surface area contributed by atoms with Crippen LogP contribution in [0.3, 0.4) is 0 Å². The van der Waals surface area contributed by atoms with E-state index in [0.717, 1.165) is 16.8 Å². The predicted octanol–water partition coefficient (Wildman–Crippen LogP) is 3.09. The van der Waals surface area contributed by atoms with Crippen LogP contribution in [0.5, 0.6) is 5.75 Å². The molecule has 2 aromatic carbocycles. The van der Waals surface area contributed by atoms with E-state index in [0.29, 0.717) is 23.6 Å². The topological polar surface area (TPSA) is 62.3 Å². The Balaban J connectivity index is 2.17. The molecule has 0 aliphatic heterocycles. The maximum absolute atomic E-state index is 8.88. The number of ether oxygens (including phenoxy) is 1. The van der Waals surface area contributed by atoms with E-state index in [-0.39, 0.29) is 0 Å². The van der Waals surface area contributed by atoms with Gasteiger partial charge < -0.3 is 15.4 Å². The summed E-state index contributed by atoms with van der Waals surface area (Å²) in [5.74, 6) is 0.671. The molecule has 2 N–H and O–H groups in total. The zero-order chi connectivity index (χ0) is 15.4. The van der Waals surface area contributed by atoms with Crippen molar-refractivity contribution in [3.63, 3.8) is 0 Å². The molecule has 108 valence electrons. The number of benzene rings is 2. The molecule has 0 bridgehead atoms. The van der Waals surface area contributed by atoms with E-state index in [1.807, 2.05) is 56.3 Å². The Morgan fingerprint density at radius 1 is 1.19 bits per heavy atom. The fourth-order valence-electron chi connectivity index (χ4n) is 2.01. The summed E-state index contributed by atoms with van der Waals surface area (Å²) in [4.78, 5) is 2.00. The van der Waals surface area contributed by atoms with Gasteiger partial charge in [0.1, 0.15) is 12.4 Å². The molecule has 4 nitrogen and oxygen atoms in total. The molecule has 4 heteroatoms. The van der Waals surface area contributed by atoms with Gasteiger partial charge in [-0.25, -0.2) is 0 Å². The molecule has 0 saturated heterocycles. The highest BCUT2D eigenvalue weighted by atomic mass is 16.5. The van der Waals surface area contributed by atoms with Gasteiger partial charge in [0, 0.05) is 25.8 Å². The largest absolute Gasteiger partial charge is 0.487 e. The second-order valence-corrected chi connectivity index (χ2v) is 5.16. The molecule has 0 amide bonds. The second-order valence-electron chi connectivity index (χ2n) is 5.16. The van der Waals surface area contributed by atoms with Crippen molar-refractivity contribution in [3.8, 4) is 11.8 Å². The minimum Gasteiger partial charge on any atom is -0.487 e. The lowest BCUT2D eigenvalue weighted by Crippen LogP contribution is -2.09. The van der Waals surface area contributed by atoms with Gasteiger partial charge in [-0.05, 0) is 42.3 Å². The minimum absolute atomic E-state index is 0.429. The summed E-state index contributed by atoms with van der Waals surface area (Å²) in [6, 6.07) is 13.4. The number of nitrogens with zero attached hydrogens (tertiary/aromatic N) is 2. The Morgan fingerprint density at radius 3 is 2.57 bits per heavy atom. The van der Waals surface area contributed by atoms with Crippen molar-refractivity contribution in [3.05, 3.63) is 53.1 Å². The van der Waals surface area contributed by atoms with Crippen LogP contribution in [0.2, 0.25) is 0 Å². The third-order valence-corrected chi connectivity index (χ3v) is 3.37. The summed E-state index contributed by atoms with van der Waals surface area (Å²) in [6.45, 7) is 2.40. The highest BCUT2D eigenvalue weighted by Gasteiger charge is 2.06. The molecule has 0 unspecified atom stereocenters. The van der Waals surface area contributed by atoms with Crippen LogP contribution in [-0.2, 0) is 6.61 Å². The van der Waals surface area contributed by atoms with Gasteiger partial charge in [0.2, 0.25) is 0 Å². The second kappa shape index (κ2) is 6.19. The maximum Gasteiger partial charge on any atom is 0.144 e. The summed E-state index contributed by atoms with van der Waals surface area (Å²) in [5.41, 5.74) is 10.3. The van der Waals surface area contributed by atoms with E-state index in [1.165, 1.54) is 0 Å². The molecule has 2 aromatic rings. The minimum atomic E-state index is 0.429. The van der Waals surface area contributed by atoms with Crippen molar-refractivity contribution in [2.45, 2.75) is 13.5 Å². The molecule has 0 saturated carbocycles. The van der Waals surface area contributed by atoms with E-state index in [2.05, 4.69) is 6.07 Å². The Bertz CT molecular complexity index is 687. The van der Waals surface area contributed by atoms with Crippen LogP contribution in [0.25, 0.3) is 0 Å². The lowest BCUT2D eigenvalue weighted by Gasteiger charge is -2.16. The molecule has 0 atom stereocenters. The molecule has 0 radical (unpaired) electrons. The van der Waals surface area contributed by atoms with Crippen molar-refractivity contribution < 1.29 is 4.74 Å². The van der Waals surface area contributed by atoms with Crippen molar-refractivity contribution in [2.24, 2.45) is 0 Å². The number of anilines is 2. The molecule has 2 rings (SSSR count). The van der Waals surface area contributed by atoms with Crippen molar-refractivity contribution in [1.29, 1.82) is 5.26 Å². The lowest BCUT2D eigenvalue weighted by molar-refractivity contribution is 0.307. The molecule has 0 aromatic heterocycles. The van der Waals surface area contributed by atoms with Gasteiger partial charge in [-0.2, -0.15) is 5.26 Å². The molecular weight excluding hydrogens is 262 g/mol. The summed E-state index contributed by atoms with van der Waals surface area (Å²) < 4.78 is 5.83. The fourth-order valence-corrected chi connectivity index (χ4v) is 2.01. The number of nitriles is 1. The summed E-state index contributed by atoms with van der Waals surface area (Å²) in [7, 11) is 3.94. The first-order valence-corrected chi connectivity index (χ1v) is 6.70. The maximum atomic E-state index is 8.88. The van der Waals surface area contributed by atoms with Gasteiger partial charge >= 0.3 is 0 Å². The quantitative estimate of drug-likeness (QED) is 0.875. The van der Waals surface area contributed by atoms with Crippen LogP contribution in [0.15, 0.2) is 36.4 Å². The molecule has 0 aliphatic rings. The molecule has 0 aliphatic carbocycles. The third kappa shape index (κ3) is 3.46. The number of nitrogens with two attached hydrogens (primary N) is 1. The van der Waals surface area contributed by atoms with Crippen LogP contribution in [-0.4, -0.2) is 14.1 Å². The average Bonchev–Trinajstić information content (AvgIpc) is 2.47. The molecule has 0 fully saturated rings. The molecule has 21 heavy (non-hydrogen) atoms. The van der Waals surface area contributed by atoms with E-state index in [9.17, 15) is 0 Å². The summed E-state index contributed by atoms with van der Waals surface area (Å²) in [6.07, 6.45) is 0. The summed E-state index contributed by atoms with van der Waals surface area (Å²) >= 11 is 0. The fraction of sp³-hybridized carbons (Fsp3) is 0.235. The number of aryl methyl sites for hydroxylation is 1. The first kappa shape index (κ1) is 14.7. The van der Waals surface area contributed by atoms with Crippen LogP contribution in [0.1, 0.15) is 16.7 Å². The van der Waals surface area contributed by atoms with Crippen molar-refractivity contribution in [1.82, 2.24) is 0 Å². The van der Waals surface area contributed by atoms with Gasteiger partial charge in [0.25, 0.3) is 0 Å². The zero-order valence-corrected chi connectivity index (χ0v) is 12.6. The first-order chi connectivity index (χ1) is 10.0. The normalized spacial score (nSPS) is 10.0. The highest BCUT2D eigenvalue weighted by Crippen LogP contribution is 2.28. The third-order valence-electron chi connectivity index (χ3n) is 3.37. The van der Waals surface area contributed by atoms with Crippen LogP contribution < -0.4 is 15.4 Å². The Kier molecular flexibility index (Phi) is 4.34. The molecule has 0 spiro atoms. The lowest BCUT2D eigenvalue weighted by atomic mass is 10.1.